The molecule has 2 aromatic carbocycles. The van der Waals surface area contributed by atoms with E-state index in [-0.39, 0.29) is 0 Å². The minimum absolute atomic E-state index is 0.330. The zero-order chi connectivity index (χ0) is 16.7. The van der Waals surface area contributed by atoms with Gasteiger partial charge in [0.15, 0.2) is 9.84 Å². The molecule has 0 saturated heterocycles. The maximum atomic E-state index is 11.5. The van der Waals surface area contributed by atoms with Gasteiger partial charge in [0.25, 0.3) is 0 Å². The van der Waals surface area contributed by atoms with Crippen LogP contribution in [0.1, 0.15) is 17.7 Å². The normalized spacial score (nSPS) is 14.0. The Morgan fingerprint density at radius 3 is 2.62 bits per heavy atom. The fourth-order valence-electron chi connectivity index (χ4n) is 3.28. The zero-order valence-electron chi connectivity index (χ0n) is 13.5. The molecule has 5 heteroatoms. The Balaban J connectivity index is 1.50. The second kappa shape index (κ2) is 5.67. The van der Waals surface area contributed by atoms with E-state index in [2.05, 4.69) is 22.8 Å². The van der Waals surface area contributed by atoms with Crippen LogP contribution in [0.25, 0.3) is 10.9 Å². The fourth-order valence-corrected chi connectivity index (χ4v) is 3.92. The average Bonchev–Trinajstić information content (AvgIpc) is 3.13. The highest BCUT2D eigenvalue weighted by Crippen LogP contribution is 2.29. The van der Waals surface area contributed by atoms with Crippen molar-refractivity contribution in [2.75, 3.05) is 6.26 Å². The molecule has 0 fully saturated rings. The quantitative estimate of drug-likeness (QED) is 0.729. The summed E-state index contributed by atoms with van der Waals surface area (Å²) in [6.45, 7) is 1.52. The van der Waals surface area contributed by atoms with Crippen molar-refractivity contribution in [3.8, 4) is 5.75 Å². The highest BCUT2D eigenvalue weighted by atomic mass is 32.2. The van der Waals surface area contributed by atoms with Gasteiger partial charge < -0.3 is 9.30 Å². The van der Waals surface area contributed by atoms with E-state index in [0.29, 0.717) is 11.5 Å². The lowest BCUT2D eigenvalue weighted by molar-refractivity contribution is 0.306. The van der Waals surface area contributed by atoms with E-state index in [1.54, 1.807) is 24.3 Å². The van der Waals surface area contributed by atoms with E-state index >= 15 is 0 Å². The number of hydrogen-bond donors (Lipinski definition) is 0. The van der Waals surface area contributed by atoms with Gasteiger partial charge in [0.2, 0.25) is 0 Å². The number of aryl methyl sites for hydroxylation is 2. The average molecular weight is 341 g/mol. The zero-order valence-corrected chi connectivity index (χ0v) is 14.3. The first-order valence-corrected chi connectivity index (χ1v) is 9.94. The van der Waals surface area contributed by atoms with Gasteiger partial charge in [-0.2, -0.15) is 0 Å². The minimum atomic E-state index is -3.15. The second-order valence-corrected chi connectivity index (χ2v) is 8.33. The van der Waals surface area contributed by atoms with Gasteiger partial charge >= 0.3 is 0 Å². The van der Waals surface area contributed by atoms with Gasteiger partial charge in [-0.3, -0.25) is 0 Å². The summed E-state index contributed by atoms with van der Waals surface area (Å²) in [5.74, 6) is 0.832. The molecule has 0 amide bonds. The summed E-state index contributed by atoms with van der Waals surface area (Å²) in [5.41, 5.74) is 3.62. The maximum absolute atomic E-state index is 11.5. The number of sulfone groups is 1. The number of hydrogen-bond acceptors (Lipinski definition) is 3. The van der Waals surface area contributed by atoms with E-state index < -0.39 is 9.84 Å². The molecule has 2 heterocycles. The van der Waals surface area contributed by atoms with Crippen molar-refractivity contribution in [2.24, 2.45) is 0 Å². The minimum Gasteiger partial charge on any atom is -0.489 e. The molecule has 4 rings (SSSR count). The number of rotatable bonds is 4. The predicted octanol–water partition coefficient (Wildman–Crippen LogP) is 3.57. The Morgan fingerprint density at radius 2 is 1.88 bits per heavy atom. The van der Waals surface area contributed by atoms with Crippen molar-refractivity contribution in [3.05, 3.63) is 59.8 Å². The Hall–Kier alpha value is -2.27. The molecule has 124 valence electrons. The summed E-state index contributed by atoms with van der Waals surface area (Å²) < 4.78 is 31.2. The molecule has 0 N–H and O–H groups in total. The molecule has 1 aliphatic rings. The van der Waals surface area contributed by atoms with E-state index in [1.807, 2.05) is 6.07 Å². The monoisotopic (exact) mass is 341 g/mol. The molecule has 0 aliphatic carbocycles. The first kappa shape index (κ1) is 15.3. The molecular weight excluding hydrogens is 322 g/mol. The Morgan fingerprint density at radius 1 is 1.08 bits per heavy atom. The molecule has 3 aromatic rings. The third kappa shape index (κ3) is 2.80. The summed E-state index contributed by atoms with van der Waals surface area (Å²) in [6.07, 6.45) is 3.59. The lowest BCUT2D eigenvalue weighted by Gasteiger charge is -2.08. The van der Waals surface area contributed by atoms with Crippen LogP contribution in [0.3, 0.4) is 0 Å². The molecule has 0 atom stereocenters. The first-order valence-electron chi connectivity index (χ1n) is 8.05. The van der Waals surface area contributed by atoms with Gasteiger partial charge in [0.05, 0.1) is 4.90 Å². The third-order valence-corrected chi connectivity index (χ3v) is 5.66. The maximum Gasteiger partial charge on any atom is 0.175 e. The van der Waals surface area contributed by atoms with Crippen LogP contribution >= 0.6 is 0 Å². The van der Waals surface area contributed by atoms with Gasteiger partial charge in [-0.15, -0.1) is 0 Å². The summed E-state index contributed by atoms with van der Waals surface area (Å²) in [6, 6.07) is 15.3. The number of aromatic nitrogens is 1. The smallest absolute Gasteiger partial charge is 0.175 e. The highest BCUT2D eigenvalue weighted by Gasteiger charge is 2.14. The van der Waals surface area contributed by atoms with Gasteiger partial charge in [0, 0.05) is 29.4 Å². The van der Waals surface area contributed by atoms with E-state index in [9.17, 15) is 8.42 Å². The number of fused-ring (bicyclic) bond motifs is 3. The lowest BCUT2D eigenvalue weighted by atomic mass is 10.2. The van der Waals surface area contributed by atoms with Crippen molar-refractivity contribution in [3.63, 3.8) is 0 Å². The van der Waals surface area contributed by atoms with Crippen molar-refractivity contribution >= 4 is 20.7 Å². The largest absolute Gasteiger partial charge is 0.489 e. The third-order valence-electron chi connectivity index (χ3n) is 4.53. The van der Waals surface area contributed by atoms with Crippen LogP contribution in [-0.2, 0) is 29.4 Å². The Bertz CT molecular complexity index is 1000. The molecule has 0 unspecified atom stereocenters. The lowest BCUT2D eigenvalue weighted by Crippen LogP contribution is -1.99. The van der Waals surface area contributed by atoms with Crippen LogP contribution in [0.2, 0.25) is 0 Å². The summed E-state index contributed by atoms with van der Waals surface area (Å²) in [4.78, 5) is 0.330. The van der Waals surface area contributed by atoms with Crippen LogP contribution < -0.4 is 4.74 Å². The second-order valence-electron chi connectivity index (χ2n) is 6.32. The molecular formula is C19H19NO3S. The summed E-state index contributed by atoms with van der Waals surface area (Å²) in [5, 5.41) is 1.22. The van der Waals surface area contributed by atoms with Crippen LogP contribution in [-0.4, -0.2) is 19.2 Å². The van der Waals surface area contributed by atoms with Gasteiger partial charge in [-0.25, -0.2) is 8.42 Å². The summed E-state index contributed by atoms with van der Waals surface area (Å²) >= 11 is 0. The predicted molar refractivity (Wildman–Crippen MR) is 94.1 cm³/mol. The van der Waals surface area contributed by atoms with Gasteiger partial charge in [-0.1, -0.05) is 12.1 Å². The van der Waals surface area contributed by atoms with Crippen molar-refractivity contribution in [1.29, 1.82) is 0 Å². The van der Waals surface area contributed by atoms with Gasteiger partial charge in [0.1, 0.15) is 12.4 Å². The standard InChI is InChI=1S/C19H19NO3S/c1-24(21,22)18-7-4-14(5-8-18)13-23-17-6-9-19-15(12-17)11-16-3-2-10-20(16)19/h4-9,11-12H,2-3,10,13H2,1H3. The molecule has 24 heavy (non-hydrogen) atoms. The molecule has 0 radical (unpaired) electrons. The molecule has 0 bridgehead atoms. The number of nitrogens with zero attached hydrogens (tertiary/aromatic N) is 1. The van der Waals surface area contributed by atoms with Crippen LogP contribution in [0, 0.1) is 0 Å². The topological polar surface area (TPSA) is 48.3 Å². The first-order chi connectivity index (χ1) is 11.5. The fraction of sp³-hybridized carbons (Fsp3) is 0.263. The molecule has 0 saturated carbocycles. The summed E-state index contributed by atoms with van der Waals surface area (Å²) in [7, 11) is -3.15. The molecule has 1 aromatic heterocycles. The SMILES string of the molecule is CS(=O)(=O)c1ccc(COc2ccc3c(c2)cc2n3CCC2)cc1. The molecule has 4 nitrogen and oxygen atoms in total. The number of ether oxygens (including phenoxy) is 1. The number of benzene rings is 2. The van der Waals surface area contributed by atoms with E-state index in [0.717, 1.165) is 24.3 Å². The Labute approximate surface area is 141 Å². The van der Waals surface area contributed by atoms with Gasteiger partial charge in [-0.05, 0) is 54.8 Å². The van der Waals surface area contributed by atoms with Crippen molar-refractivity contribution in [1.82, 2.24) is 4.57 Å². The van der Waals surface area contributed by atoms with Crippen LogP contribution in [0.4, 0.5) is 0 Å². The van der Waals surface area contributed by atoms with Crippen molar-refractivity contribution < 1.29 is 13.2 Å². The van der Waals surface area contributed by atoms with Crippen LogP contribution in [0.15, 0.2) is 53.4 Å². The Kier molecular flexibility index (Phi) is 3.61. The van der Waals surface area contributed by atoms with E-state index in [4.69, 9.17) is 4.74 Å². The van der Waals surface area contributed by atoms with Crippen LogP contribution in [0.5, 0.6) is 5.75 Å². The highest BCUT2D eigenvalue weighted by molar-refractivity contribution is 7.90. The molecule has 0 spiro atoms. The molecule has 1 aliphatic heterocycles. The van der Waals surface area contributed by atoms with Crippen molar-refractivity contribution in [2.45, 2.75) is 30.9 Å². The van der Waals surface area contributed by atoms with E-state index in [1.165, 1.54) is 29.3 Å².